The van der Waals surface area contributed by atoms with E-state index >= 15 is 0 Å². The SMILES string of the molecule is CCNC(=O)c1ccc(CNc2ncnc3sc4c(c23)CCCC4)cc1. The van der Waals surface area contributed by atoms with Crippen molar-refractivity contribution in [3.8, 4) is 0 Å². The van der Waals surface area contributed by atoms with Crippen LogP contribution in [0.2, 0.25) is 0 Å². The molecule has 4 rings (SSSR count). The lowest BCUT2D eigenvalue weighted by atomic mass is 9.97. The van der Waals surface area contributed by atoms with Gasteiger partial charge in [-0.15, -0.1) is 11.3 Å². The second kappa shape index (κ2) is 7.41. The molecule has 0 atom stereocenters. The minimum absolute atomic E-state index is 0.0329. The van der Waals surface area contributed by atoms with Crippen molar-refractivity contribution in [3.05, 3.63) is 52.2 Å². The zero-order chi connectivity index (χ0) is 17.9. The molecule has 0 radical (unpaired) electrons. The Kier molecular flexibility index (Phi) is 4.84. The summed E-state index contributed by atoms with van der Waals surface area (Å²) in [5.41, 5.74) is 3.24. The largest absolute Gasteiger partial charge is 0.365 e. The van der Waals surface area contributed by atoms with E-state index in [4.69, 9.17) is 0 Å². The first-order chi connectivity index (χ1) is 12.8. The minimum Gasteiger partial charge on any atom is -0.365 e. The lowest BCUT2D eigenvalue weighted by Gasteiger charge is -2.12. The van der Waals surface area contributed by atoms with Gasteiger partial charge in [-0.25, -0.2) is 9.97 Å². The molecule has 134 valence electrons. The summed E-state index contributed by atoms with van der Waals surface area (Å²) in [6.07, 6.45) is 6.45. The highest BCUT2D eigenvalue weighted by molar-refractivity contribution is 7.19. The van der Waals surface area contributed by atoms with Gasteiger partial charge in [0.15, 0.2) is 0 Å². The average Bonchev–Trinajstić information content (AvgIpc) is 3.06. The highest BCUT2D eigenvalue weighted by Crippen LogP contribution is 2.38. The number of benzene rings is 1. The molecule has 0 bridgehead atoms. The Morgan fingerprint density at radius 2 is 1.96 bits per heavy atom. The number of aromatic nitrogens is 2. The molecule has 1 amide bonds. The number of hydrogen-bond donors (Lipinski definition) is 2. The van der Waals surface area contributed by atoms with Crippen molar-refractivity contribution < 1.29 is 4.79 Å². The highest BCUT2D eigenvalue weighted by atomic mass is 32.1. The Morgan fingerprint density at radius 1 is 1.15 bits per heavy atom. The van der Waals surface area contributed by atoms with Gasteiger partial charge in [0.1, 0.15) is 17.0 Å². The number of thiophene rings is 1. The first kappa shape index (κ1) is 17.0. The van der Waals surface area contributed by atoms with Crippen LogP contribution in [-0.4, -0.2) is 22.4 Å². The van der Waals surface area contributed by atoms with E-state index in [0.29, 0.717) is 18.7 Å². The van der Waals surface area contributed by atoms with E-state index in [1.165, 1.54) is 28.7 Å². The Morgan fingerprint density at radius 3 is 2.77 bits per heavy atom. The predicted molar refractivity (Wildman–Crippen MR) is 106 cm³/mol. The van der Waals surface area contributed by atoms with Crippen LogP contribution in [-0.2, 0) is 19.4 Å². The van der Waals surface area contributed by atoms with Gasteiger partial charge in [0.05, 0.1) is 5.39 Å². The van der Waals surface area contributed by atoms with Crippen molar-refractivity contribution >= 4 is 33.3 Å². The van der Waals surface area contributed by atoms with Crippen LogP contribution in [0.15, 0.2) is 30.6 Å². The van der Waals surface area contributed by atoms with Crippen molar-refractivity contribution in [2.24, 2.45) is 0 Å². The molecule has 0 spiro atoms. The van der Waals surface area contributed by atoms with Crippen LogP contribution in [0.4, 0.5) is 5.82 Å². The second-order valence-corrected chi connectivity index (χ2v) is 7.61. The molecule has 2 aromatic heterocycles. The number of amides is 1. The number of anilines is 1. The molecule has 3 aromatic rings. The van der Waals surface area contributed by atoms with Crippen molar-refractivity contribution in [2.45, 2.75) is 39.2 Å². The van der Waals surface area contributed by atoms with Crippen LogP contribution >= 0.6 is 11.3 Å². The minimum atomic E-state index is -0.0329. The third-order valence-corrected chi connectivity index (χ3v) is 5.96. The van der Waals surface area contributed by atoms with Crippen LogP contribution in [0.5, 0.6) is 0 Å². The summed E-state index contributed by atoms with van der Waals surface area (Å²) in [5, 5.41) is 7.48. The Hall–Kier alpha value is -2.47. The molecule has 6 heteroatoms. The molecule has 0 unspecified atom stereocenters. The zero-order valence-electron chi connectivity index (χ0n) is 14.8. The number of nitrogens with zero attached hydrogens (tertiary/aromatic N) is 2. The highest BCUT2D eigenvalue weighted by Gasteiger charge is 2.19. The summed E-state index contributed by atoms with van der Waals surface area (Å²) in [6, 6.07) is 7.70. The van der Waals surface area contributed by atoms with Crippen molar-refractivity contribution in [1.29, 1.82) is 0 Å². The number of rotatable bonds is 5. The normalized spacial score (nSPS) is 13.4. The maximum Gasteiger partial charge on any atom is 0.251 e. The summed E-state index contributed by atoms with van der Waals surface area (Å²) < 4.78 is 0. The lowest BCUT2D eigenvalue weighted by molar-refractivity contribution is 0.0956. The number of carbonyl (C=O) groups is 1. The Bertz CT molecular complexity index is 933. The molecule has 1 aliphatic rings. The molecule has 0 saturated carbocycles. The smallest absolute Gasteiger partial charge is 0.251 e. The van der Waals surface area contributed by atoms with Gasteiger partial charge in [-0.2, -0.15) is 0 Å². The summed E-state index contributed by atoms with van der Waals surface area (Å²) in [6.45, 7) is 3.23. The number of carbonyl (C=O) groups excluding carboxylic acids is 1. The van der Waals surface area contributed by atoms with Crippen LogP contribution < -0.4 is 10.6 Å². The van der Waals surface area contributed by atoms with E-state index in [1.807, 2.05) is 42.5 Å². The predicted octanol–water partition coefficient (Wildman–Crippen LogP) is 3.93. The molecule has 0 fully saturated rings. The van der Waals surface area contributed by atoms with Gasteiger partial charge in [0, 0.05) is 23.5 Å². The first-order valence-electron chi connectivity index (χ1n) is 9.12. The Balaban J connectivity index is 1.53. The number of hydrogen-bond acceptors (Lipinski definition) is 5. The van der Waals surface area contributed by atoms with Crippen LogP contribution in [0, 0.1) is 0 Å². The van der Waals surface area contributed by atoms with Gasteiger partial charge in [-0.1, -0.05) is 12.1 Å². The third kappa shape index (κ3) is 3.29. The molecule has 1 aromatic carbocycles. The lowest BCUT2D eigenvalue weighted by Crippen LogP contribution is -2.22. The van der Waals surface area contributed by atoms with Crippen LogP contribution in [0.25, 0.3) is 10.2 Å². The fourth-order valence-corrected chi connectivity index (χ4v) is 4.68. The molecule has 0 aliphatic heterocycles. The van der Waals surface area contributed by atoms with Crippen molar-refractivity contribution in [1.82, 2.24) is 15.3 Å². The van der Waals surface area contributed by atoms with Gasteiger partial charge in [0.2, 0.25) is 0 Å². The van der Waals surface area contributed by atoms with E-state index in [1.54, 1.807) is 6.33 Å². The van der Waals surface area contributed by atoms with Gasteiger partial charge in [-0.05, 0) is 55.9 Å². The second-order valence-electron chi connectivity index (χ2n) is 6.52. The molecule has 26 heavy (non-hydrogen) atoms. The standard InChI is InChI=1S/C20H22N4OS/c1-2-21-19(25)14-9-7-13(8-10-14)11-22-18-17-15-5-3-4-6-16(15)26-20(17)24-12-23-18/h7-10,12H,2-6,11H2,1H3,(H,21,25)(H,22,23,24). The van der Waals surface area contributed by atoms with E-state index in [9.17, 15) is 4.79 Å². The van der Waals surface area contributed by atoms with E-state index in [-0.39, 0.29) is 5.91 Å². The number of nitrogens with one attached hydrogen (secondary N) is 2. The van der Waals surface area contributed by atoms with E-state index in [2.05, 4.69) is 20.6 Å². The zero-order valence-corrected chi connectivity index (χ0v) is 15.7. The van der Waals surface area contributed by atoms with Gasteiger partial charge in [0.25, 0.3) is 5.91 Å². The molecular formula is C20H22N4OS. The van der Waals surface area contributed by atoms with E-state index < -0.39 is 0 Å². The summed E-state index contributed by atoms with van der Waals surface area (Å²) in [7, 11) is 0. The van der Waals surface area contributed by atoms with Crippen LogP contribution in [0.3, 0.4) is 0 Å². The van der Waals surface area contributed by atoms with Crippen molar-refractivity contribution in [2.75, 3.05) is 11.9 Å². The fraction of sp³-hybridized carbons (Fsp3) is 0.350. The maximum absolute atomic E-state index is 11.8. The molecule has 2 N–H and O–H groups in total. The monoisotopic (exact) mass is 366 g/mol. The van der Waals surface area contributed by atoms with Crippen LogP contribution in [0.1, 0.15) is 46.1 Å². The average molecular weight is 366 g/mol. The molecule has 0 saturated heterocycles. The topological polar surface area (TPSA) is 66.9 Å². The van der Waals surface area contributed by atoms with Gasteiger partial charge in [-0.3, -0.25) is 4.79 Å². The van der Waals surface area contributed by atoms with E-state index in [0.717, 1.165) is 29.1 Å². The van der Waals surface area contributed by atoms with Crippen molar-refractivity contribution in [3.63, 3.8) is 0 Å². The maximum atomic E-state index is 11.8. The fourth-order valence-electron chi connectivity index (χ4n) is 3.45. The van der Waals surface area contributed by atoms with Gasteiger partial charge >= 0.3 is 0 Å². The molecule has 5 nitrogen and oxygen atoms in total. The number of aryl methyl sites for hydroxylation is 2. The molecular weight excluding hydrogens is 344 g/mol. The first-order valence-corrected chi connectivity index (χ1v) is 9.94. The summed E-state index contributed by atoms with van der Waals surface area (Å²) in [4.78, 5) is 23.4. The number of fused-ring (bicyclic) bond motifs is 3. The summed E-state index contributed by atoms with van der Waals surface area (Å²) in [5.74, 6) is 0.886. The quantitative estimate of drug-likeness (QED) is 0.718. The van der Waals surface area contributed by atoms with Gasteiger partial charge < -0.3 is 10.6 Å². The summed E-state index contributed by atoms with van der Waals surface area (Å²) >= 11 is 1.81. The molecule has 1 aliphatic carbocycles. The Labute approximate surface area is 156 Å². The third-order valence-electron chi connectivity index (χ3n) is 4.76. The molecule has 2 heterocycles.